The van der Waals surface area contributed by atoms with E-state index in [4.69, 9.17) is 6.30 Å². The van der Waals surface area contributed by atoms with E-state index in [-0.39, 0.29) is 0 Å². The van der Waals surface area contributed by atoms with Crippen LogP contribution >= 0.6 is 29.6 Å². The van der Waals surface area contributed by atoms with E-state index in [0.29, 0.717) is 0 Å². The molecule has 0 saturated heterocycles. The van der Waals surface area contributed by atoms with Gasteiger partial charge in [-0.15, -0.1) is 0 Å². The number of hydrogen-bond donors (Lipinski definition) is 0. The van der Waals surface area contributed by atoms with E-state index in [1.165, 1.54) is 59.0 Å². The first kappa shape index (κ1) is 20.2. The third-order valence-corrected chi connectivity index (χ3v) is 12.1. The largest absolute Gasteiger partial charge is 0.151 e. The van der Waals surface area contributed by atoms with Crippen LogP contribution in [0.2, 0.25) is 0 Å². The van der Waals surface area contributed by atoms with Gasteiger partial charge in [0, 0.05) is 32.0 Å². The second-order valence-electron chi connectivity index (χ2n) is 8.72. The Morgan fingerprint density at radius 1 is 0.471 bits per heavy atom. The lowest BCUT2D eigenvalue weighted by molar-refractivity contribution is 1.59. The molecule has 0 unspecified atom stereocenters. The molecule has 4 aromatic carbocycles. The highest BCUT2D eigenvalue weighted by molar-refractivity contribution is 7.97. The number of rotatable bonds is 3. The van der Waals surface area contributed by atoms with E-state index in [1.54, 1.807) is 22.7 Å². The summed E-state index contributed by atoms with van der Waals surface area (Å²) >= 11 is 3.60. The molecular formula is C31H21PS2. The Kier molecular flexibility index (Phi) is 4.57. The van der Waals surface area contributed by atoms with Gasteiger partial charge in [-0.25, -0.2) is 0 Å². The van der Waals surface area contributed by atoms with Gasteiger partial charge in [-0.3, -0.25) is 0 Å². The quantitative estimate of drug-likeness (QED) is 0.231. The minimum Gasteiger partial charge on any atom is -0.151 e. The lowest BCUT2D eigenvalue weighted by Gasteiger charge is -2.28. The smallest absolute Gasteiger partial charge is 0.00169 e. The fourth-order valence-corrected chi connectivity index (χ4v) is 11.0. The van der Waals surface area contributed by atoms with Gasteiger partial charge in [0.2, 0.25) is 0 Å². The van der Waals surface area contributed by atoms with Gasteiger partial charge in [-0.1, -0.05) is 97.3 Å². The molecule has 0 bridgehead atoms. The van der Waals surface area contributed by atoms with E-state index in [0.717, 1.165) is 0 Å². The van der Waals surface area contributed by atoms with Crippen LogP contribution in [0.15, 0.2) is 113 Å². The zero-order chi connectivity index (χ0) is 22.7. The first-order valence-electron chi connectivity index (χ1n) is 11.3. The molecule has 0 radical (unpaired) electrons. The normalized spacial score (nSPS) is 14.7. The summed E-state index contributed by atoms with van der Waals surface area (Å²) in [5.41, 5.74) is 2.56. The van der Waals surface area contributed by atoms with Gasteiger partial charge < -0.3 is 0 Å². The topological polar surface area (TPSA) is 0 Å². The Morgan fingerprint density at radius 2 is 0.853 bits per heavy atom. The minimum atomic E-state index is -2.19. The molecule has 6 aromatic rings. The number of thiophene rings is 2. The van der Waals surface area contributed by atoms with Crippen molar-refractivity contribution in [1.29, 1.82) is 0 Å². The minimum absolute atomic E-state index is 1.28. The molecular weight excluding hydrogens is 467 g/mol. The van der Waals surface area contributed by atoms with Crippen molar-refractivity contribution in [3.63, 3.8) is 0 Å². The maximum absolute atomic E-state index is 5.20. The maximum Gasteiger partial charge on any atom is 0.00169 e. The molecule has 7 rings (SSSR count). The van der Waals surface area contributed by atoms with E-state index in [1.807, 2.05) is 0 Å². The van der Waals surface area contributed by atoms with Crippen molar-refractivity contribution in [2.45, 2.75) is 0 Å². The number of hydrogen-bond acceptors (Lipinski definition) is 2. The predicted octanol–water partition coefficient (Wildman–Crippen LogP) is 7.22. The van der Waals surface area contributed by atoms with E-state index >= 15 is 0 Å². The first-order valence-corrected chi connectivity index (χ1v) is 15.2. The van der Waals surface area contributed by atoms with Crippen LogP contribution in [0.1, 0.15) is 11.1 Å². The van der Waals surface area contributed by atoms with Crippen molar-refractivity contribution in [2.75, 3.05) is 0 Å². The molecule has 3 heteroatoms. The average molecular weight is 489 g/mol. The summed E-state index contributed by atoms with van der Waals surface area (Å²) in [5, 5.41) is 21.7. The lowest BCUT2D eigenvalue weighted by Crippen LogP contribution is -2.26. The van der Waals surface area contributed by atoms with Crippen LogP contribution in [0.25, 0.3) is 32.2 Å². The van der Waals surface area contributed by atoms with Crippen LogP contribution in [0, 0.1) is 0 Å². The SMILES string of the molecule is C=P1(c2ccccc2)C(c2ccccc2)=c2c(c3cscc3c3cscc23)=C1c1ccccc1. The number of fused-ring (bicyclic) bond motifs is 6. The zero-order valence-electron chi connectivity index (χ0n) is 18.4. The third kappa shape index (κ3) is 2.71. The summed E-state index contributed by atoms with van der Waals surface area (Å²) in [5.74, 6) is 0. The van der Waals surface area contributed by atoms with Crippen molar-refractivity contribution in [3.8, 4) is 0 Å². The molecule has 1 aliphatic heterocycles. The highest BCUT2D eigenvalue weighted by atomic mass is 32.1. The monoisotopic (exact) mass is 488 g/mol. The standard InChI is InChI=1S/C31H21PS2/c1-32(23-15-9-4-10-16-23)30(21-11-5-2-6-12-21)28-26-19-33-17-24(26)25-18-34-20-27(25)29(28)31(32)22-13-7-3-8-14-22/h2-20H,1H2. The summed E-state index contributed by atoms with van der Waals surface area (Å²) in [6.07, 6.45) is 5.20. The van der Waals surface area contributed by atoms with Crippen molar-refractivity contribution in [3.05, 3.63) is 134 Å². The van der Waals surface area contributed by atoms with Gasteiger partial charge in [0.05, 0.1) is 0 Å². The highest BCUT2D eigenvalue weighted by Gasteiger charge is 2.35. The second kappa shape index (κ2) is 7.68. The molecule has 2 aromatic heterocycles. The molecule has 0 atom stereocenters. The van der Waals surface area contributed by atoms with Crippen molar-refractivity contribution >= 4 is 73.3 Å². The van der Waals surface area contributed by atoms with Gasteiger partial charge >= 0.3 is 0 Å². The van der Waals surface area contributed by atoms with Crippen molar-refractivity contribution < 1.29 is 0 Å². The Morgan fingerprint density at radius 3 is 1.29 bits per heavy atom. The van der Waals surface area contributed by atoms with Gasteiger partial charge in [0.25, 0.3) is 0 Å². The molecule has 1 aliphatic rings. The summed E-state index contributed by atoms with van der Waals surface area (Å²) < 4.78 is 0. The highest BCUT2D eigenvalue weighted by Crippen LogP contribution is 2.66. The Labute approximate surface area is 206 Å². The van der Waals surface area contributed by atoms with E-state index in [2.05, 4.69) is 113 Å². The molecule has 3 heterocycles. The van der Waals surface area contributed by atoms with Crippen LogP contribution < -0.4 is 15.7 Å². The molecule has 0 spiro atoms. The van der Waals surface area contributed by atoms with Crippen LogP contribution in [0.3, 0.4) is 0 Å². The lowest BCUT2D eigenvalue weighted by atomic mass is 10.0. The summed E-state index contributed by atoms with van der Waals surface area (Å²) in [6.45, 7) is -2.19. The van der Waals surface area contributed by atoms with Crippen LogP contribution in [0.4, 0.5) is 0 Å². The van der Waals surface area contributed by atoms with Crippen LogP contribution in [-0.4, -0.2) is 6.30 Å². The summed E-state index contributed by atoms with van der Waals surface area (Å²) in [4.78, 5) is 0. The zero-order valence-corrected chi connectivity index (χ0v) is 21.0. The van der Waals surface area contributed by atoms with Crippen molar-refractivity contribution in [1.82, 2.24) is 0 Å². The third-order valence-electron chi connectivity index (χ3n) is 6.93. The van der Waals surface area contributed by atoms with E-state index in [9.17, 15) is 0 Å². The van der Waals surface area contributed by atoms with Gasteiger partial charge in [0.15, 0.2) is 0 Å². The van der Waals surface area contributed by atoms with Gasteiger partial charge in [-0.05, 0) is 55.5 Å². The molecule has 0 N–H and O–H groups in total. The molecule has 0 saturated carbocycles. The van der Waals surface area contributed by atoms with Gasteiger partial charge in [0.1, 0.15) is 0 Å². The molecule has 162 valence electrons. The Bertz CT molecular complexity index is 1740. The molecule has 0 amide bonds. The first-order chi connectivity index (χ1) is 16.8. The predicted molar refractivity (Wildman–Crippen MR) is 154 cm³/mol. The molecule has 0 aliphatic carbocycles. The van der Waals surface area contributed by atoms with E-state index < -0.39 is 6.89 Å². The molecule has 0 fully saturated rings. The summed E-state index contributed by atoms with van der Waals surface area (Å²) in [7, 11) is 0. The summed E-state index contributed by atoms with van der Waals surface area (Å²) in [6, 6.07) is 32.9. The fourth-order valence-electron chi connectivity index (χ4n) is 5.52. The maximum atomic E-state index is 5.20. The Balaban J connectivity index is 1.84. The second-order valence-corrected chi connectivity index (χ2v) is 13.2. The van der Waals surface area contributed by atoms with Crippen LogP contribution in [-0.2, 0) is 0 Å². The molecule has 0 nitrogen and oxygen atoms in total. The average Bonchev–Trinajstić information content (AvgIpc) is 3.62. The Hall–Kier alpha value is -3.16. The van der Waals surface area contributed by atoms with Crippen molar-refractivity contribution in [2.24, 2.45) is 0 Å². The molecule has 34 heavy (non-hydrogen) atoms. The fraction of sp³-hybridized carbons (Fsp3) is 0. The van der Waals surface area contributed by atoms with Gasteiger partial charge in [-0.2, -0.15) is 22.7 Å². The number of benzene rings is 4. The van der Waals surface area contributed by atoms with Crippen LogP contribution in [0.5, 0.6) is 0 Å².